The molecule has 2 rings (SSSR count). The van der Waals surface area contributed by atoms with E-state index in [1.807, 2.05) is 0 Å². The molecule has 0 aliphatic carbocycles. The first kappa shape index (κ1) is 14.9. The van der Waals surface area contributed by atoms with Crippen LogP contribution in [0.4, 0.5) is 4.39 Å². The molecule has 7 heteroatoms. The molecule has 0 radical (unpaired) electrons. The summed E-state index contributed by atoms with van der Waals surface area (Å²) in [7, 11) is 0. The quantitative estimate of drug-likeness (QED) is 0.865. The zero-order valence-electron chi connectivity index (χ0n) is 10.6. The van der Waals surface area contributed by atoms with Crippen molar-refractivity contribution in [3.8, 4) is 0 Å². The van der Waals surface area contributed by atoms with Gasteiger partial charge in [-0.05, 0) is 17.7 Å². The molecule has 20 heavy (non-hydrogen) atoms. The number of carboxylic acid groups (broad SMARTS) is 1. The van der Waals surface area contributed by atoms with Crippen molar-refractivity contribution in [3.63, 3.8) is 0 Å². The molecule has 1 amide bonds. The molecule has 0 bridgehead atoms. The number of nitrogens with one attached hydrogen (secondary N) is 1. The molecule has 1 aromatic rings. The van der Waals surface area contributed by atoms with E-state index in [0.717, 1.165) is 5.56 Å². The van der Waals surface area contributed by atoms with Crippen molar-refractivity contribution in [2.75, 3.05) is 13.1 Å². The highest BCUT2D eigenvalue weighted by atomic mass is 79.9. The maximum absolute atomic E-state index is 13.1. The van der Waals surface area contributed by atoms with E-state index in [-0.39, 0.29) is 18.1 Å². The summed E-state index contributed by atoms with van der Waals surface area (Å²) >= 11 is 3.28. The van der Waals surface area contributed by atoms with Gasteiger partial charge >= 0.3 is 5.97 Å². The number of aliphatic carboxylic acids is 1. The van der Waals surface area contributed by atoms with E-state index in [2.05, 4.69) is 21.2 Å². The maximum atomic E-state index is 13.1. The van der Waals surface area contributed by atoms with Crippen LogP contribution in [0.5, 0.6) is 0 Å². The first-order valence-electron chi connectivity index (χ1n) is 6.15. The summed E-state index contributed by atoms with van der Waals surface area (Å²) in [6.45, 7) is 1.44. The zero-order chi connectivity index (χ0) is 14.7. The number of nitrogens with zero attached hydrogens (tertiary/aromatic N) is 1. The lowest BCUT2D eigenvalue weighted by Crippen LogP contribution is -2.55. The van der Waals surface area contributed by atoms with Crippen LogP contribution >= 0.6 is 15.9 Å². The minimum atomic E-state index is -1.02. The number of piperazine rings is 1. The summed E-state index contributed by atoms with van der Waals surface area (Å²) in [6, 6.07) is 3.63. The normalized spacial score (nSPS) is 19.7. The van der Waals surface area contributed by atoms with E-state index in [1.54, 1.807) is 11.0 Å². The Balaban J connectivity index is 2.16. The number of benzene rings is 1. The lowest BCUT2D eigenvalue weighted by Gasteiger charge is -2.34. The van der Waals surface area contributed by atoms with E-state index in [0.29, 0.717) is 24.1 Å². The van der Waals surface area contributed by atoms with Crippen LogP contribution in [0, 0.1) is 5.82 Å². The Morgan fingerprint density at radius 1 is 1.55 bits per heavy atom. The van der Waals surface area contributed by atoms with Crippen LogP contribution in [-0.4, -0.2) is 41.0 Å². The van der Waals surface area contributed by atoms with Gasteiger partial charge in [-0.2, -0.15) is 0 Å². The van der Waals surface area contributed by atoms with E-state index in [1.165, 1.54) is 12.1 Å². The molecule has 1 aliphatic rings. The van der Waals surface area contributed by atoms with Crippen LogP contribution < -0.4 is 5.32 Å². The summed E-state index contributed by atoms with van der Waals surface area (Å²) in [5.41, 5.74) is 0.816. The molecule has 1 heterocycles. The van der Waals surface area contributed by atoms with Gasteiger partial charge in [0.15, 0.2) is 0 Å². The Hall–Kier alpha value is -1.47. The van der Waals surface area contributed by atoms with Crippen molar-refractivity contribution in [2.24, 2.45) is 0 Å². The molecule has 0 saturated carbocycles. The van der Waals surface area contributed by atoms with Gasteiger partial charge in [-0.25, -0.2) is 4.39 Å². The summed E-state index contributed by atoms with van der Waals surface area (Å²) in [5.74, 6) is -1.65. The highest BCUT2D eigenvalue weighted by Gasteiger charge is 2.31. The molecule has 1 fully saturated rings. The third kappa shape index (κ3) is 3.55. The van der Waals surface area contributed by atoms with Crippen LogP contribution in [0.2, 0.25) is 0 Å². The third-order valence-corrected chi connectivity index (χ3v) is 3.94. The van der Waals surface area contributed by atoms with Gasteiger partial charge in [0.05, 0.1) is 6.42 Å². The second-order valence-corrected chi connectivity index (χ2v) is 5.47. The number of carbonyl (C=O) groups excluding carboxylic acids is 1. The highest BCUT2D eigenvalue weighted by Crippen LogP contribution is 2.22. The highest BCUT2D eigenvalue weighted by molar-refractivity contribution is 9.10. The van der Waals surface area contributed by atoms with Gasteiger partial charge in [-0.15, -0.1) is 0 Å². The topological polar surface area (TPSA) is 69.6 Å². The van der Waals surface area contributed by atoms with Crippen molar-refractivity contribution < 1.29 is 19.1 Å². The van der Waals surface area contributed by atoms with Crippen molar-refractivity contribution in [1.29, 1.82) is 0 Å². The molecule has 0 spiro atoms. The zero-order valence-corrected chi connectivity index (χ0v) is 12.2. The van der Waals surface area contributed by atoms with E-state index >= 15 is 0 Å². The predicted octanol–water partition coefficient (Wildman–Crippen LogP) is 1.36. The fourth-order valence-corrected chi connectivity index (χ4v) is 2.68. The van der Waals surface area contributed by atoms with Gasteiger partial charge in [-0.3, -0.25) is 14.5 Å². The van der Waals surface area contributed by atoms with E-state index in [4.69, 9.17) is 5.11 Å². The average molecular weight is 345 g/mol. The molecular formula is C13H14BrFN2O3. The number of hydrogen-bond donors (Lipinski definition) is 2. The van der Waals surface area contributed by atoms with Crippen LogP contribution in [0.3, 0.4) is 0 Å². The minimum Gasteiger partial charge on any atom is -0.481 e. The van der Waals surface area contributed by atoms with Crippen LogP contribution in [0.1, 0.15) is 12.0 Å². The Morgan fingerprint density at radius 3 is 2.95 bits per heavy atom. The summed E-state index contributed by atoms with van der Waals surface area (Å²) in [4.78, 5) is 24.4. The maximum Gasteiger partial charge on any atom is 0.305 e. The summed E-state index contributed by atoms with van der Waals surface area (Å²) in [5, 5.41) is 11.6. The number of hydrogen-bond acceptors (Lipinski definition) is 3. The lowest BCUT2D eigenvalue weighted by molar-refractivity contribution is -0.143. The Bertz CT molecular complexity index is 538. The molecule has 1 atom stereocenters. The first-order valence-corrected chi connectivity index (χ1v) is 6.94. The number of amides is 1. The fraction of sp³-hybridized carbons (Fsp3) is 0.385. The molecule has 2 N–H and O–H groups in total. The Kier molecular flexibility index (Phi) is 4.72. The number of carboxylic acids is 1. The van der Waals surface area contributed by atoms with Gasteiger partial charge in [0.2, 0.25) is 5.91 Å². The second-order valence-electron chi connectivity index (χ2n) is 4.61. The Morgan fingerprint density at radius 2 is 2.30 bits per heavy atom. The van der Waals surface area contributed by atoms with Crippen LogP contribution in [0.25, 0.3) is 0 Å². The number of halogens is 2. The minimum absolute atomic E-state index is 0.245. The molecule has 1 saturated heterocycles. The molecule has 1 unspecified atom stereocenters. The standard InChI is InChI=1S/C13H14BrFN2O3/c14-10-5-9(15)2-1-8(10)7-17-4-3-16-13(20)11(17)6-12(18)19/h1-2,5,11H,3-4,6-7H2,(H,16,20)(H,18,19). The SMILES string of the molecule is O=C(O)CC1C(=O)NCCN1Cc1ccc(F)cc1Br. The van der Waals surface area contributed by atoms with E-state index in [9.17, 15) is 14.0 Å². The monoisotopic (exact) mass is 344 g/mol. The first-order chi connectivity index (χ1) is 9.47. The third-order valence-electron chi connectivity index (χ3n) is 3.20. The van der Waals surface area contributed by atoms with Crippen molar-refractivity contribution in [3.05, 3.63) is 34.1 Å². The van der Waals surface area contributed by atoms with Crippen LogP contribution in [-0.2, 0) is 16.1 Å². The van der Waals surface area contributed by atoms with Gasteiger partial charge in [0.25, 0.3) is 0 Å². The summed E-state index contributed by atoms with van der Waals surface area (Å²) in [6.07, 6.45) is -0.245. The molecule has 1 aliphatic heterocycles. The van der Waals surface area contributed by atoms with Crippen molar-refractivity contribution in [2.45, 2.75) is 19.0 Å². The molecule has 108 valence electrons. The van der Waals surface area contributed by atoms with Crippen molar-refractivity contribution in [1.82, 2.24) is 10.2 Å². The van der Waals surface area contributed by atoms with Crippen LogP contribution in [0.15, 0.2) is 22.7 Å². The number of carbonyl (C=O) groups is 2. The molecule has 0 aromatic heterocycles. The second kappa shape index (κ2) is 6.32. The number of rotatable bonds is 4. The van der Waals surface area contributed by atoms with E-state index < -0.39 is 12.0 Å². The van der Waals surface area contributed by atoms with Crippen molar-refractivity contribution >= 4 is 27.8 Å². The fourth-order valence-electron chi connectivity index (χ4n) is 2.21. The molecular weight excluding hydrogens is 331 g/mol. The Labute approximate surface area is 123 Å². The van der Waals surface area contributed by atoms with Gasteiger partial charge < -0.3 is 10.4 Å². The smallest absolute Gasteiger partial charge is 0.305 e. The lowest BCUT2D eigenvalue weighted by atomic mass is 10.1. The van der Waals surface area contributed by atoms with Gasteiger partial charge in [0.1, 0.15) is 11.9 Å². The van der Waals surface area contributed by atoms with Gasteiger partial charge in [0, 0.05) is 24.1 Å². The summed E-state index contributed by atoms with van der Waals surface area (Å²) < 4.78 is 13.7. The average Bonchev–Trinajstić information content (AvgIpc) is 2.36. The predicted molar refractivity (Wildman–Crippen MR) is 73.6 cm³/mol. The molecule has 1 aromatic carbocycles. The molecule has 5 nitrogen and oxygen atoms in total. The largest absolute Gasteiger partial charge is 0.481 e. The van der Waals surface area contributed by atoms with Gasteiger partial charge in [-0.1, -0.05) is 22.0 Å².